The van der Waals surface area contributed by atoms with E-state index in [0.717, 1.165) is 6.07 Å². The minimum atomic E-state index is -0.790. The second-order valence-corrected chi connectivity index (χ2v) is 7.64. The van der Waals surface area contributed by atoms with E-state index in [1.54, 1.807) is 36.4 Å². The van der Waals surface area contributed by atoms with Gasteiger partial charge in [-0.2, -0.15) is 4.98 Å². The van der Waals surface area contributed by atoms with E-state index in [4.69, 9.17) is 20.9 Å². The van der Waals surface area contributed by atoms with E-state index >= 15 is 0 Å². The van der Waals surface area contributed by atoms with Crippen LogP contribution in [0.4, 0.5) is 11.4 Å². The molecule has 0 fully saturated rings. The SMILES string of the molecule is CNc1ccc(C(=O)c2ccccc2C(=O)OCc2nc(-c3ccc(Cl)cc3)no2)cc1[N+](=O)[O-]. The second kappa shape index (κ2) is 10.1. The lowest BCUT2D eigenvalue weighted by atomic mass is 9.97. The fraction of sp³-hybridized carbons (Fsp3) is 0.0833. The number of aromatic nitrogens is 2. The first-order valence-corrected chi connectivity index (χ1v) is 10.6. The van der Waals surface area contributed by atoms with Crippen molar-refractivity contribution in [2.45, 2.75) is 6.61 Å². The average molecular weight is 493 g/mol. The fourth-order valence-corrected chi connectivity index (χ4v) is 3.41. The Hall–Kier alpha value is -4.57. The van der Waals surface area contributed by atoms with Crippen LogP contribution in [0.3, 0.4) is 0 Å². The molecule has 4 rings (SSSR count). The number of carbonyl (C=O) groups is 2. The van der Waals surface area contributed by atoms with Gasteiger partial charge in [0.25, 0.3) is 11.6 Å². The Labute approximate surface area is 203 Å². The van der Waals surface area contributed by atoms with Crippen molar-refractivity contribution in [2.24, 2.45) is 0 Å². The van der Waals surface area contributed by atoms with Crippen molar-refractivity contribution in [1.82, 2.24) is 10.1 Å². The third-order valence-electron chi connectivity index (χ3n) is 5.01. The molecule has 0 unspecified atom stereocenters. The van der Waals surface area contributed by atoms with Gasteiger partial charge in [-0.1, -0.05) is 35.0 Å². The van der Waals surface area contributed by atoms with E-state index in [1.165, 1.54) is 31.3 Å². The Morgan fingerprint density at radius 1 is 1.09 bits per heavy atom. The highest BCUT2D eigenvalue weighted by molar-refractivity contribution is 6.30. The Morgan fingerprint density at radius 3 is 2.49 bits per heavy atom. The first-order chi connectivity index (χ1) is 16.9. The summed E-state index contributed by atoms with van der Waals surface area (Å²) >= 11 is 5.88. The molecule has 0 aliphatic heterocycles. The summed E-state index contributed by atoms with van der Waals surface area (Å²) in [7, 11) is 1.54. The average Bonchev–Trinajstić information content (AvgIpc) is 3.36. The molecular formula is C24H17ClN4O6. The van der Waals surface area contributed by atoms with E-state index in [0.29, 0.717) is 16.4 Å². The first-order valence-electron chi connectivity index (χ1n) is 10.2. The normalized spacial score (nSPS) is 10.6. The summed E-state index contributed by atoms with van der Waals surface area (Å²) in [5.74, 6) is -0.993. The molecule has 1 N–H and O–H groups in total. The molecule has 0 saturated carbocycles. The Bertz CT molecular complexity index is 1420. The summed E-state index contributed by atoms with van der Waals surface area (Å²) in [5, 5.41) is 18.5. The van der Waals surface area contributed by atoms with Crippen LogP contribution in [0, 0.1) is 10.1 Å². The summed E-state index contributed by atoms with van der Waals surface area (Å²) in [4.78, 5) is 40.8. The van der Waals surface area contributed by atoms with E-state index in [-0.39, 0.29) is 40.6 Å². The third-order valence-corrected chi connectivity index (χ3v) is 5.27. The lowest BCUT2D eigenvalue weighted by molar-refractivity contribution is -0.384. The molecule has 0 bridgehead atoms. The zero-order valence-electron chi connectivity index (χ0n) is 18.2. The maximum Gasteiger partial charge on any atom is 0.339 e. The van der Waals surface area contributed by atoms with Crippen LogP contribution in [0.5, 0.6) is 0 Å². The molecule has 0 radical (unpaired) electrons. The number of benzene rings is 3. The number of nitro benzene ring substituents is 1. The standard InChI is InChI=1S/C24H17ClN4O6/c1-26-19-11-8-15(12-20(19)29(32)33)22(30)17-4-2-3-5-18(17)24(31)34-13-21-27-23(28-35-21)14-6-9-16(25)10-7-14/h2-12,26H,13H2,1H3. The molecule has 0 spiro atoms. The first kappa shape index (κ1) is 23.6. The predicted molar refractivity (Wildman–Crippen MR) is 126 cm³/mol. The van der Waals surface area contributed by atoms with Crippen molar-refractivity contribution in [3.05, 3.63) is 104 Å². The highest BCUT2D eigenvalue weighted by Gasteiger charge is 2.23. The van der Waals surface area contributed by atoms with Crippen molar-refractivity contribution < 1.29 is 23.8 Å². The van der Waals surface area contributed by atoms with Crippen molar-refractivity contribution in [1.29, 1.82) is 0 Å². The van der Waals surface area contributed by atoms with Gasteiger partial charge >= 0.3 is 5.97 Å². The van der Waals surface area contributed by atoms with Crippen LogP contribution in [0.25, 0.3) is 11.4 Å². The summed E-state index contributed by atoms with van der Waals surface area (Å²) in [5.41, 5.74) is 0.764. The molecule has 3 aromatic carbocycles. The monoisotopic (exact) mass is 492 g/mol. The van der Waals surface area contributed by atoms with Crippen LogP contribution in [0.2, 0.25) is 5.02 Å². The van der Waals surface area contributed by atoms with Crippen LogP contribution in [0.1, 0.15) is 32.2 Å². The van der Waals surface area contributed by atoms with Crippen molar-refractivity contribution >= 4 is 34.7 Å². The number of ketones is 1. The molecule has 0 aliphatic rings. The van der Waals surface area contributed by atoms with Crippen LogP contribution in [-0.4, -0.2) is 33.9 Å². The number of anilines is 1. The molecule has 11 heteroatoms. The number of nitrogens with one attached hydrogen (secondary N) is 1. The summed E-state index contributed by atoms with van der Waals surface area (Å²) in [6, 6.07) is 16.9. The molecule has 0 aliphatic carbocycles. The van der Waals surface area contributed by atoms with Gasteiger partial charge in [-0.25, -0.2) is 4.79 Å². The van der Waals surface area contributed by atoms with E-state index in [2.05, 4.69) is 15.5 Å². The van der Waals surface area contributed by atoms with E-state index in [9.17, 15) is 19.7 Å². The molecule has 10 nitrogen and oxygen atoms in total. The molecule has 35 heavy (non-hydrogen) atoms. The maximum absolute atomic E-state index is 13.1. The minimum Gasteiger partial charge on any atom is -0.452 e. The predicted octanol–water partition coefficient (Wildman–Crippen LogP) is 4.93. The van der Waals surface area contributed by atoms with Crippen LogP contribution in [0.15, 0.2) is 71.3 Å². The van der Waals surface area contributed by atoms with Gasteiger partial charge in [-0.05, 0) is 42.5 Å². The van der Waals surface area contributed by atoms with Gasteiger partial charge in [0.05, 0.1) is 10.5 Å². The molecule has 0 atom stereocenters. The highest BCUT2D eigenvalue weighted by atomic mass is 35.5. The van der Waals surface area contributed by atoms with Crippen LogP contribution >= 0.6 is 11.6 Å². The quantitative estimate of drug-likeness (QED) is 0.157. The van der Waals surface area contributed by atoms with Gasteiger partial charge in [0.15, 0.2) is 12.4 Å². The van der Waals surface area contributed by atoms with Gasteiger partial charge in [0.2, 0.25) is 5.82 Å². The number of carbonyl (C=O) groups excluding carboxylic acids is 2. The zero-order valence-corrected chi connectivity index (χ0v) is 19.0. The number of esters is 1. The molecule has 1 heterocycles. The fourth-order valence-electron chi connectivity index (χ4n) is 3.28. The highest BCUT2D eigenvalue weighted by Crippen LogP contribution is 2.27. The smallest absolute Gasteiger partial charge is 0.339 e. The molecule has 0 amide bonds. The summed E-state index contributed by atoms with van der Waals surface area (Å²) in [6.45, 7) is -0.315. The zero-order chi connectivity index (χ0) is 24.9. The number of nitrogens with zero attached hydrogens (tertiary/aromatic N) is 3. The number of nitro groups is 1. The van der Waals surface area contributed by atoms with E-state index < -0.39 is 16.7 Å². The van der Waals surface area contributed by atoms with Crippen molar-refractivity contribution in [3.63, 3.8) is 0 Å². The van der Waals surface area contributed by atoms with Gasteiger partial charge in [0, 0.05) is 34.8 Å². The lowest BCUT2D eigenvalue weighted by Gasteiger charge is -2.09. The van der Waals surface area contributed by atoms with Crippen LogP contribution < -0.4 is 5.32 Å². The van der Waals surface area contributed by atoms with Crippen LogP contribution in [-0.2, 0) is 11.3 Å². The Balaban J connectivity index is 1.52. The van der Waals surface area contributed by atoms with Gasteiger partial charge in [-0.15, -0.1) is 0 Å². The van der Waals surface area contributed by atoms with E-state index in [1.807, 2.05) is 0 Å². The largest absolute Gasteiger partial charge is 0.452 e. The van der Waals surface area contributed by atoms with Gasteiger partial charge in [0.1, 0.15) is 5.69 Å². The molecule has 176 valence electrons. The van der Waals surface area contributed by atoms with Gasteiger partial charge in [-0.3, -0.25) is 14.9 Å². The van der Waals surface area contributed by atoms with Gasteiger partial charge < -0.3 is 14.6 Å². The number of halogens is 1. The van der Waals surface area contributed by atoms with Crippen molar-refractivity contribution in [3.8, 4) is 11.4 Å². The Morgan fingerprint density at radius 2 is 1.80 bits per heavy atom. The molecular weight excluding hydrogens is 476 g/mol. The summed E-state index contributed by atoms with van der Waals surface area (Å²) < 4.78 is 10.4. The molecule has 1 aromatic heterocycles. The lowest BCUT2D eigenvalue weighted by Crippen LogP contribution is -2.13. The minimum absolute atomic E-state index is 0.00436. The summed E-state index contributed by atoms with van der Waals surface area (Å²) in [6.07, 6.45) is 0. The second-order valence-electron chi connectivity index (χ2n) is 7.21. The topological polar surface area (TPSA) is 137 Å². The van der Waals surface area contributed by atoms with Crippen molar-refractivity contribution in [2.75, 3.05) is 12.4 Å². The number of rotatable bonds is 8. The molecule has 0 saturated heterocycles. The Kier molecular flexibility index (Phi) is 6.83. The third kappa shape index (κ3) is 5.17. The number of hydrogen-bond acceptors (Lipinski definition) is 9. The number of hydrogen-bond donors (Lipinski definition) is 1. The molecule has 4 aromatic rings. The number of ether oxygens (including phenoxy) is 1. The maximum atomic E-state index is 13.1.